The van der Waals surface area contributed by atoms with E-state index in [1.54, 1.807) is 31.8 Å². The number of nitrogen functional groups attached to an aromatic ring is 1. The number of pyridine rings is 2. The van der Waals surface area contributed by atoms with Crippen LogP contribution in [0.15, 0.2) is 61.2 Å². The molecule has 0 spiro atoms. The van der Waals surface area contributed by atoms with E-state index in [-0.39, 0.29) is 0 Å². The van der Waals surface area contributed by atoms with Crippen molar-refractivity contribution >= 4 is 5.69 Å². The van der Waals surface area contributed by atoms with Gasteiger partial charge in [0.05, 0.1) is 7.11 Å². The Morgan fingerprint density at radius 2 is 1.76 bits per heavy atom. The minimum Gasteiger partial charge on any atom is -0.496 e. The Hall–Kier alpha value is -2.92. The fourth-order valence-corrected chi connectivity index (χ4v) is 2.87. The summed E-state index contributed by atoms with van der Waals surface area (Å²) in [5.41, 5.74) is 11.0. The highest BCUT2D eigenvalue weighted by atomic mass is 16.5. The van der Waals surface area contributed by atoms with Crippen LogP contribution in [-0.2, 0) is 13.1 Å². The first-order valence-corrected chi connectivity index (χ1v) is 8.11. The van der Waals surface area contributed by atoms with E-state index in [0.29, 0.717) is 5.69 Å². The Kier molecular flexibility index (Phi) is 5.26. The molecule has 2 N–H and O–H groups in total. The summed E-state index contributed by atoms with van der Waals surface area (Å²) >= 11 is 0. The van der Waals surface area contributed by atoms with Crippen LogP contribution in [0.5, 0.6) is 5.75 Å². The second kappa shape index (κ2) is 7.77. The van der Waals surface area contributed by atoms with Crippen LogP contribution < -0.4 is 10.5 Å². The van der Waals surface area contributed by atoms with Gasteiger partial charge in [0, 0.05) is 54.7 Å². The fraction of sp³-hybridized carbons (Fsp3) is 0.200. The molecule has 3 rings (SSSR count). The van der Waals surface area contributed by atoms with Crippen molar-refractivity contribution in [3.63, 3.8) is 0 Å². The molecule has 0 fully saturated rings. The normalized spacial score (nSPS) is 10.8. The number of nitrogens with two attached hydrogens (primary N) is 1. The minimum absolute atomic E-state index is 0.689. The zero-order valence-electron chi connectivity index (χ0n) is 14.5. The van der Waals surface area contributed by atoms with Gasteiger partial charge in [-0.3, -0.25) is 14.9 Å². The van der Waals surface area contributed by atoms with Gasteiger partial charge in [0.25, 0.3) is 0 Å². The van der Waals surface area contributed by atoms with E-state index in [1.165, 1.54) is 11.1 Å². The van der Waals surface area contributed by atoms with Gasteiger partial charge in [-0.25, -0.2) is 0 Å². The van der Waals surface area contributed by atoms with Crippen LogP contribution in [0.3, 0.4) is 0 Å². The standard InChI is InChI=1S/C20H22N4O/c1-24(14-16-4-3-8-22-11-16)13-15-5-6-20(25-2)17(10-15)18-12-23-9-7-19(18)21/h3-12H,13-14H2,1-2H3,(H2,21,23). The number of nitrogens with zero attached hydrogens (tertiary/aromatic N) is 3. The summed E-state index contributed by atoms with van der Waals surface area (Å²) in [6.07, 6.45) is 7.15. The van der Waals surface area contributed by atoms with E-state index < -0.39 is 0 Å². The van der Waals surface area contributed by atoms with Gasteiger partial charge < -0.3 is 10.5 Å². The number of rotatable bonds is 6. The molecule has 2 heterocycles. The number of anilines is 1. The van der Waals surface area contributed by atoms with Crippen molar-refractivity contribution in [3.05, 3.63) is 72.3 Å². The SMILES string of the molecule is COc1ccc(CN(C)Cc2cccnc2)cc1-c1cnccc1N. The smallest absolute Gasteiger partial charge is 0.126 e. The Morgan fingerprint density at radius 3 is 2.48 bits per heavy atom. The summed E-state index contributed by atoms with van der Waals surface area (Å²) in [5.74, 6) is 0.790. The van der Waals surface area contributed by atoms with E-state index in [4.69, 9.17) is 10.5 Å². The Labute approximate surface area is 148 Å². The Bertz CT molecular complexity index is 836. The highest BCUT2D eigenvalue weighted by molar-refractivity contribution is 5.80. The van der Waals surface area contributed by atoms with Crippen LogP contribution in [-0.4, -0.2) is 29.0 Å². The van der Waals surface area contributed by atoms with Crippen LogP contribution in [0.2, 0.25) is 0 Å². The summed E-state index contributed by atoms with van der Waals surface area (Å²) in [6.45, 7) is 1.65. The van der Waals surface area contributed by atoms with Crippen molar-refractivity contribution < 1.29 is 4.74 Å². The molecule has 25 heavy (non-hydrogen) atoms. The lowest BCUT2D eigenvalue weighted by Gasteiger charge is -2.18. The van der Waals surface area contributed by atoms with Crippen LogP contribution in [0.25, 0.3) is 11.1 Å². The van der Waals surface area contributed by atoms with Crippen molar-refractivity contribution in [3.8, 4) is 16.9 Å². The number of aromatic nitrogens is 2. The molecule has 128 valence electrons. The van der Waals surface area contributed by atoms with Crippen molar-refractivity contribution in [1.82, 2.24) is 14.9 Å². The molecule has 5 heteroatoms. The molecule has 0 radical (unpaired) electrons. The van der Waals surface area contributed by atoms with E-state index in [0.717, 1.165) is 30.0 Å². The molecular formula is C20H22N4O. The average molecular weight is 334 g/mol. The molecule has 5 nitrogen and oxygen atoms in total. The van der Waals surface area contributed by atoms with E-state index >= 15 is 0 Å². The molecule has 0 unspecified atom stereocenters. The summed E-state index contributed by atoms with van der Waals surface area (Å²) in [6, 6.07) is 12.0. The lowest BCUT2D eigenvalue weighted by Crippen LogP contribution is -2.17. The molecule has 0 aliphatic carbocycles. The summed E-state index contributed by atoms with van der Waals surface area (Å²) < 4.78 is 5.51. The van der Waals surface area contributed by atoms with Gasteiger partial charge in [0.15, 0.2) is 0 Å². The fourth-order valence-electron chi connectivity index (χ4n) is 2.87. The summed E-state index contributed by atoms with van der Waals surface area (Å²) in [7, 11) is 3.76. The summed E-state index contributed by atoms with van der Waals surface area (Å²) in [4.78, 5) is 10.6. The molecule has 2 aromatic heterocycles. The number of ether oxygens (including phenoxy) is 1. The van der Waals surface area contributed by atoms with Gasteiger partial charge in [0.2, 0.25) is 0 Å². The molecule has 0 amide bonds. The Morgan fingerprint density at radius 1 is 0.960 bits per heavy atom. The molecule has 3 aromatic rings. The molecule has 1 aromatic carbocycles. The first kappa shape index (κ1) is 16.9. The largest absolute Gasteiger partial charge is 0.496 e. The average Bonchev–Trinajstić information content (AvgIpc) is 2.63. The zero-order valence-corrected chi connectivity index (χ0v) is 14.5. The number of methoxy groups -OCH3 is 1. The Balaban J connectivity index is 1.83. The molecular weight excluding hydrogens is 312 g/mol. The quantitative estimate of drug-likeness (QED) is 0.749. The molecule has 0 aliphatic rings. The maximum absolute atomic E-state index is 6.12. The predicted molar refractivity (Wildman–Crippen MR) is 100 cm³/mol. The van der Waals surface area contributed by atoms with Gasteiger partial charge in [0.1, 0.15) is 5.75 Å². The van der Waals surface area contributed by atoms with Gasteiger partial charge in [-0.15, -0.1) is 0 Å². The molecule has 0 bridgehead atoms. The van der Waals surface area contributed by atoms with Crippen molar-refractivity contribution in [1.29, 1.82) is 0 Å². The van der Waals surface area contributed by atoms with E-state index in [9.17, 15) is 0 Å². The second-order valence-corrected chi connectivity index (χ2v) is 6.03. The first-order valence-electron chi connectivity index (χ1n) is 8.11. The highest BCUT2D eigenvalue weighted by Crippen LogP contribution is 2.34. The highest BCUT2D eigenvalue weighted by Gasteiger charge is 2.11. The third kappa shape index (κ3) is 4.14. The van der Waals surface area contributed by atoms with Crippen LogP contribution in [0, 0.1) is 0 Å². The molecule has 0 aliphatic heterocycles. The van der Waals surface area contributed by atoms with E-state index in [2.05, 4.69) is 40.1 Å². The van der Waals surface area contributed by atoms with Crippen molar-refractivity contribution in [2.45, 2.75) is 13.1 Å². The van der Waals surface area contributed by atoms with Gasteiger partial charge >= 0.3 is 0 Å². The van der Waals surface area contributed by atoms with E-state index in [1.807, 2.05) is 18.3 Å². The number of hydrogen-bond donors (Lipinski definition) is 1. The van der Waals surface area contributed by atoms with Crippen LogP contribution in [0.1, 0.15) is 11.1 Å². The molecule has 0 saturated carbocycles. The predicted octanol–water partition coefficient (Wildman–Crippen LogP) is 3.37. The van der Waals surface area contributed by atoms with Crippen LogP contribution in [0.4, 0.5) is 5.69 Å². The van der Waals surface area contributed by atoms with Gasteiger partial charge in [-0.05, 0) is 42.4 Å². The lowest BCUT2D eigenvalue weighted by atomic mass is 10.0. The summed E-state index contributed by atoms with van der Waals surface area (Å²) in [5, 5.41) is 0. The topological polar surface area (TPSA) is 64.3 Å². The molecule has 0 atom stereocenters. The maximum atomic E-state index is 6.12. The number of hydrogen-bond acceptors (Lipinski definition) is 5. The van der Waals surface area contributed by atoms with Crippen molar-refractivity contribution in [2.24, 2.45) is 0 Å². The molecule has 0 saturated heterocycles. The first-order chi connectivity index (χ1) is 12.2. The third-order valence-electron chi connectivity index (χ3n) is 4.04. The number of benzene rings is 1. The third-order valence-corrected chi connectivity index (χ3v) is 4.04. The second-order valence-electron chi connectivity index (χ2n) is 6.03. The van der Waals surface area contributed by atoms with Crippen LogP contribution >= 0.6 is 0 Å². The van der Waals surface area contributed by atoms with Gasteiger partial charge in [-0.2, -0.15) is 0 Å². The minimum atomic E-state index is 0.689. The lowest BCUT2D eigenvalue weighted by molar-refractivity contribution is 0.318. The monoisotopic (exact) mass is 334 g/mol. The zero-order chi connectivity index (χ0) is 17.6. The van der Waals surface area contributed by atoms with Gasteiger partial charge in [-0.1, -0.05) is 12.1 Å². The van der Waals surface area contributed by atoms with Crippen molar-refractivity contribution in [2.75, 3.05) is 19.9 Å². The maximum Gasteiger partial charge on any atom is 0.126 e.